The Labute approximate surface area is 238 Å². The molecule has 1 amide bonds. The lowest BCUT2D eigenvalue weighted by Gasteiger charge is -2.51. The van der Waals surface area contributed by atoms with Gasteiger partial charge >= 0.3 is 0 Å². The summed E-state index contributed by atoms with van der Waals surface area (Å²) in [5, 5.41) is 0. The molecule has 0 spiro atoms. The molecule has 0 unspecified atom stereocenters. The molecule has 0 radical (unpaired) electrons. The maximum atomic E-state index is 12.3. The number of piperazine rings is 1. The normalized spacial score (nSPS) is 18.6. The van der Waals surface area contributed by atoms with Crippen LogP contribution in [0.3, 0.4) is 0 Å². The van der Waals surface area contributed by atoms with Crippen molar-refractivity contribution in [3.63, 3.8) is 0 Å². The van der Waals surface area contributed by atoms with E-state index < -0.39 is 0 Å². The molecule has 41 heavy (non-hydrogen) atoms. The second-order valence-electron chi connectivity index (χ2n) is 10.8. The van der Waals surface area contributed by atoms with Crippen molar-refractivity contribution in [1.82, 2.24) is 29.3 Å². The lowest BCUT2D eigenvalue weighted by molar-refractivity contribution is -0.136. The first kappa shape index (κ1) is 25.2. The van der Waals surface area contributed by atoms with Gasteiger partial charge in [0.1, 0.15) is 11.3 Å². The van der Waals surface area contributed by atoms with Crippen molar-refractivity contribution in [3.05, 3.63) is 103 Å². The summed E-state index contributed by atoms with van der Waals surface area (Å²) in [6.07, 6.45) is 5.31. The van der Waals surface area contributed by atoms with Gasteiger partial charge in [-0.1, -0.05) is 49.0 Å². The van der Waals surface area contributed by atoms with E-state index in [0.717, 1.165) is 66.1 Å². The van der Waals surface area contributed by atoms with Gasteiger partial charge in [-0.3, -0.25) is 14.3 Å². The van der Waals surface area contributed by atoms with Crippen molar-refractivity contribution in [2.75, 3.05) is 18.8 Å². The zero-order chi connectivity index (χ0) is 27.9. The van der Waals surface area contributed by atoms with E-state index in [1.54, 1.807) is 6.20 Å². The quantitative estimate of drug-likeness (QED) is 0.301. The standard InChI is InChI=1S/C33H31N7O/c1-2-30(41)39-21-25-14-15-26(39)20-38(25)19-22-10-12-24(13-11-22)40-32(27-9-6-18-35-31(27)34)37-29-17-16-28(36-33(29)40)23-7-4-3-5-8-23/h2-13,16-18,25-26H,1,14-15,19-21H2,(H2,34,35)/t25-,26-/m1/s1. The van der Waals surface area contributed by atoms with Gasteiger partial charge in [-0.25, -0.2) is 15.0 Å². The minimum absolute atomic E-state index is 0.0466. The molecular weight excluding hydrogens is 510 g/mol. The van der Waals surface area contributed by atoms with E-state index in [0.29, 0.717) is 17.7 Å². The molecule has 8 nitrogen and oxygen atoms in total. The molecule has 8 rings (SSSR count). The summed E-state index contributed by atoms with van der Waals surface area (Å²) in [6, 6.07) is 27.2. The Morgan fingerprint density at radius 3 is 2.46 bits per heavy atom. The molecule has 0 saturated carbocycles. The number of pyridine rings is 2. The summed E-state index contributed by atoms with van der Waals surface area (Å²) in [5.41, 5.74) is 12.7. The van der Waals surface area contributed by atoms with Gasteiger partial charge in [0.15, 0.2) is 11.5 Å². The molecule has 3 fully saturated rings. The van der Waals surface area contributed by atoms with Crippen molar-refractivity contribution in [3.8, 4) is 28.3 Å². The number of aromatic nitrogens is 4. The molecule has 6 heterocycles. The number of carbonyl (C=O) groups excluding carboxylic acids is 1. The molecule has 3 aromatic heterocycles. The Balaban J connectivity index is 1.24. The van der Waals surface area contributed by atoms with Crippen LogP contribution in [0.4, 0.5) is 5.82 Å². The highest BCUT2D eigenvalue weighted by atomic mass is 16.2. The molecule has 0 aliphatic carbocycles. The molecular formula is C33H31N7O. The van der Waals surface area contributed by atoms with Crippen molar-refractivity contribution in [2.45, 2.75) is 31.5 Å². The summed E-state index contributed by atoms with van der Waals surface area (Å²) in [6.45, 7) is 6.20. The van der Waals surface area contributed by atoms with Crippen LogP contribution < -0.4 is 5.73 Å². The molecule has 2 atom stereocenters. The number of carbonyl (C=O) groups is 1. The maximum Gasteiger partial charge on any atom is 0.246 e. The largest absolute Gasteiger partial charge is 0.383 e. The first-order valence-corrected chi connectivity index (χ1v) is 14.0. The van der Waals surface area contributed by atoms with E-state index in [1.807, 2.05) is 47.4 Å². The van der Waals surface area contributed by atoms with Crippen LogP contribution in [0.5, 0.6) is 0 Å². The zero-order valence-corrected chi connectivity index (χ0v) is 22.7. The van der Waals surface area contributed by atoms with Gasteiger partial charge < -0.3 is 10.6 Å². The van der Waals surface area contributed by atoms with E-state index >= 15 is 0 Å². The third-order valence-electron chi connectivity index (χ3n) is 8.33. The van der Waals surface area contributed by atoms with E-state index in [4.69, 9.17) is 15.7 Å². The molecule has 5 aromatic rings. The van der Waals surface area contributed by atoms with E-state index in [-0.39, 0.29) is 11.9 Å². The highest BCUT2D eigenvalue weighted by molar-refractivity contribution is 5.87. The Hall–Kier alpha value is -4.82. The Morgan fingerprint density at radius 1 is 0.927 bits per heavy atom. The van der Waals surface area contributed by atoms with Crippen LogP contribution in [0.1, 0.15) is 18.4 Å². The van der Waals surface area contributed by atoms with Gasteiger partial charge in [-0.05, 0) is 60.9 Å². The van der Waals surface area contributed by atoms with Gasteiger partial charge in [0.25, 0.3) is 0 Å². The lowest BCUT2D eigenvalue weighted by Crippen LogP contribution is -2.63. The van der Waals surface area contributed by atoms with Crippen LogP contribution in [-0.4, -0.2) is 60.4 Å². The number of anilines is 1. The van der Waals surface area contributed by atoms with Crippen molar-refractivity contribution >= 4 is 22.9 Å². The summed E-state index contributed by atoms with van der Waals surface area (Å²) in [4.78, 5) is 31.1. The molecule has 3 aliphatic heterocycles. The topological polar surface area (TPSA) is 93.2 Å². The predicted molar refractivity (Wildman–Crippen MR) is 161 cm³/mol. The number of rotatable bonds is 6. The third-order valence-corrected chi connectivity index (χ3v) is 8.33. The number of amides is 1. The SMILES string of the molecule is C=CC(=O)N1C[C@H]2CC[C@@H]1CN2Cc1ccc(-n2c(-c3cccnc3N)nc3ccc(-c4ccccc4)nc32)cc1. The summed E-state index contributed by atoms with van der Waals surface area (Å²) in [5.74, 6) is 1.18. The molecule has 8 heteroatoms. The summed E-state index contributed by atoms with van der Waals surface area (Å²) >= 11 is 0. The fourth-order valence-electron chi connectivity index (χ4n) is 6.24. The molecule has 2 N–H and O–H groups in total. The Kier molecular flexibility index (Phi) is 6.32. The summed E-state index contributed by atoms with van der Waals surface area (Å²) in [7, 11) is 0. The van der Waals surface area contributed by atoms with Gasteiger partial charge in [0, 0.05) is 49.2 Å². The number of benzene rings is 2. The number of hydrogen-bond donors (Lipinski definition) is 1. The first-order valence-electron chi connectivity index (χ1n) is 14.0. The highest BCUT2D eigenvalue weighted by Crippen LogP contribution is 2.33. The van der Waals surface area contributed by atoms with Gasteiger partial charge in [-0.15, -0.1) is 0 Å². The number of fused-ring (bicyclic) bond motifs is 4. The van der Waals surface area contributed by atoms with E-state index in [2.05, 4.69) is 57.4 Å². The average Bonchev–Trinajstić information content (AvgIpc) is 3.40. The van der Waals surface area contributed by atoms with Crippen LogP contribution in [0.2, 0.25) is 0 Å². The van der Waals surface area contributed by atoms with Crippen LogP contribution in [0.15, 0.2) is 97.7 Å². The first-order chi connectivity index (χ1) is 20.1. The lowest BCUT2D eigenvalue weighted by atomic mass is 9.90. The second-order valence-corrected chi connectivity index (χ2v) is 10.8. The molecule has 2 bridgehead atoms. The number of nitrogens with zero attached hydrogens (tertiary/aromatic N) is 6. The molecule has 3 aliphatic rings. The molecule has 204 valence electrons. The maximum absolute atomic E-state index is 12.3. The van der Waals surface area contributed by atoms with Crippen molar-refractivity contribution in [1.29, 1.82) is 0 Å². The predicted octanol–water partition coefficient (Wildman–Crippen LogP) is 5.09. The number of nitrogens with two attached hydrogens (primary N) is 1. The van der Waals surface area contributed by atoms with Gasteiger partial charge in [-0.2, -0.15) is 0 Å². The van der Waals surface area contributed by atoms with Crippen LogP contribution in [0.25, 0.3) is 39.5 Å². The third kappa shape index (κ3) is 4.56. The Morgan fingerprint density at radius 2 is 1.73 bits per heavy atom. The average molecular weight is 542 g/mol. The Bertz CT molecular complexity index is 1750. The van der Waals surface area contributed by atoms with Crippen LogP contribution >= 0.6 is 0 Å². The number of hydrogen-bond acceptors (Lipinski definition) is 6. The summed E-state index contributed by atoms with van der Waals surface area (Å²) < 4.78 is 2.07. The number of nitrogen functional groups attached to an aromatic ring is 1. The van der Waals surface area contributed by atoms with Crippen LogP contribution in [-0.2, 0) is 11.3 Å². The monoisotopic (exact) mass is 541 g/mol. The molecule has 3 saturated heterocycles. The fraction of sp³-hybridized carbons (Fsp3) is 0.212. The zero-order valence-electron chi connectivity index (χ0n) is 22.7. The second kappa shape index (κ2) is 10.3. The van der Waals surface area contributed by atoms with Gasteiger partial charge in [0.05, 0.1) is 11.3 Å². The minimum atomic E-state index is 0.0466. The van der Waals surface area contributed by atoms with Crippen molar-refractivity contribution in [2.24, 2.45) is 0 Å². The number of piperidine rings is 2. The van der Waals surface area contributed by atoms with Crippen molar-refractivity contribution < 1.29 is 4.79 Å². The van der Waals surface area contributed by atoms with E-state index in [9.17, 15) is 4.79 Å². The molecule has 2 aromatic carbocycles. The smallest absolute Gasteiger partial charge is 0.246 e. The van der Waals surface area contributed by atoms with Gasteiger partial charge in [0.2, 0.25) is 5.91 Å². The highest BCUT2D eigenvalue weighted by Gasteiger charge is 2.40. The number of imidazole rings is 1. The van der Waals surface area contributed by atoms with E-state index in [1.165, 1.54) is 11.6 Å². The van der Waals surface area contributed by atoms with Crippen LogP contribution in [0, 0.1) is 0 Å². The minimum Gasteiger partial charge on any atom is -0.383 e. The fourth-order valence-corrected chi connectivity index (χ4v) is 6.24.